The molecular formula is C6H4BrClFN. The summed E-state index contributed by atoms with van der Waals surface area (Å²) in [6, 6.07) is 2.98. The summed E-state index contributed by atoms with van der Waals surface area (Å²) in [5, 5.41) is 0. The Morgan fingerprint density at radius 2 is 2.30 bits per heavy atom. The molecule has 0 bridgehead atoms. The number of aromatic nitrogens is 1. The number of rotatable bonds is 1. The van der Waals surface area contributed by atoms with Crippen LogP contribution < -0.4 is 0 Å². The summed E-state index contributed by atoms with van der Waals surface area (Å²) in [4.78, 5) is 3.47. The first-order valence-electron chi connectivity index (χ1n) is 2.60. The van der Waals surface area contributed by atoms with Crippen molar-refractivity contribution < 1.29 is 4.39 Å². The molecule has 0 amide bonds. The van der Waals surface area contributed by atoms with E-state index < -0.39 is 5.95 Å². The Bertz CT molecular complexity index is 221. The third kappa shape index (κ3) is 1.92. The molecule has 1 aromatic rings. The van der Waals surface area contributed by atoms with Crippen LogP contribution in [-0.4, -0.2) is 4.98 Å². The maximum atomic E-state index is 12.4. The molecule has 0 N–H and O–H groups in total. The Kier molecular flexibility index (Phi) is 2.63. The lowest BCUT2D eigenvalue weighted by molar-refractivity contribution is 0.579. The van der Waals surface area contributed by atoms with Crippen molar-refractivity contribution in [1.82, 2.24) is 4.98 Å². The van der Waals surface area contributed by atoms with E-state index in [4.69, 9.17) is 11.6 Å². The molecular weight excluding hydrogens is 220 g/mol. The fourth-order valence-corrected chi connectivity index (χ4v) is 1.21. The predicted molar refractivity (Wildman–Crippen MR) is 41.5 cm³/mol. The smallest absolute Gasteiger partial charge is 0.213 e. The first kappa shape index (κ1) is 7.95. The van der Waals surface area contributed by atoms with E-state index in [1.807, 2.05) is 0 Å². The number of hydrogen-bond acceptors (Lipinski definition) is 1. The van der Waals surface area contributed by atoms with Crippen LogP contribution in [0.1, 0.15) is 5.56 Å². The highest BCUT2D eigenvalue weighted by atomic mass is 79.9. The van der Waals surface area contributed by atoms with Gasteiger partial charge in [0.2, 0.25) is 5.95 Å². The fraction of sp³-hybridized carbons (Fsp3) is 0.167. The second-order valence-electron chi connectivity index (χ2n) is 1.75. The highest BCUT2D eigenvalue weighted by Crippen LogP contribution is 2.12. The Morgan fingerprint density at radius 3 is 2.80 bits per heavy atom. The Labute approximate surface area is 71.4 Å². The minimum Gasteiger partial charge on any atom is -0.213 e. The van der Waals surface area contributed by atoms with Crippen molar-refractivity contribution in [3.63, 3.8) is 0 Å². The molecule has 1 heterocycles. The van der Waals surface area contributed by atoms with Crippen molar-refractivity contribution in [3.05, 3.63) is 28.2 Å². The standard InChI is InChI=1S/C6H4BrClFN/c7-5-1-4(3-8)2-6(9)10-5/h1-2H,3H2. The quantitative estimate of drug-likeness (QED) is 0.528. The van der Waals surface area contributed by atoms with E-state index in [0.29, 0.717) is 10.5 Å². The zero-order valence-corrected chi connectivity index (χ0v) is 7.28. The summed E-state index contributed by atoms with van der Waals surface area (Å²) in [5.41, 5.74) is 0.723. The summed E-state index contributed by atoms with van der Waals surface area (Å²) in [6.45, 7) is 0. The molecule has 0 aliphatic heterocycles. The monoisotopic (exact) mass is 223 g/mol. The van der Waals surface area contributed by atoms with Crippen LogP contribution in [0, 0.1) is 5.95 Å². The summed E-state index contributed by atoms with van der Waals surface area (Å²) in [6.07, 6.45) is 0. The second-order valence-corrected chi connectivity index (χ2v) is 2.83. The predicted octanol–water partition coefficient (Wildman–Crippen LogP) is 2.72. The molecule has 1 aromatic heterocycles. The van der Waals surface area contributed by atoms with Gasteiger partial charge in [-0.15, -0.1) is 11.6 Å². The van der Waals surface area contributed by atoms with Gasteiger partial charge in [0.1, 0.15) is 4.60 Å². The van der Waals surface area contributed by atoms with E-state index in [1.165, 1.54) is 6.07 Å². The third-order valence-electron chi connectivity index (χ3n) is 0.977. The van der Waals surface area contributed by atoms with Crippen molar-refractivity contribution in [2.75, 3.05) is 0 Å². The summed E-state index contributed by atoms with van der Waals surface area (Å²) < 4.78 is 12.9. The SMILES string of the molecule is Fc1cc(CCl)cc(Br)n1. The normalized spacial score (nSPS) is 9.90. The molecule has 54 valence electrons. The minimum absolute atomic E-state index is 0.304. The van der Waals surface area contributed by atoms with Crippen LogP contribution in [-0.2, 0) is 5.88 Å². The molecule has 0 fully saturated rings. The average Bonchev–Trinajstić information content (AvgIpc) is 1.85. The summed E-state index contributed by atoms with van der Waals surface area (Å²) >= 11 is 8.50. The zero-order chi connectivity index (χ0) is 7.56. The molecule has 0 aliphatic carbocycles. The van der Waals surface area contributed by atoms with Crippen molar-refractivity contribution in [3.8, 4) is 0 Å². The van der Waals surface area contributed by atoms with Crippen molar-refractivity contribution in [2.45, 2.75) is 5.88 Å². The number of nitrogens with zero attached hydrogens (tertiary/aromatic N) is 1. The molecule has 1 rings (SSSR count). The average molecular weight is 224 g/mol. The first-order valence-corrected chi connectivity index (χ1v) is 3.93. The van der Waals surface area contributed by atoms with E-state index in [1.54, 1.807) is 6.07 Å². The van der Waals surface area contributed by atoms with Gasteiger partial charge in [-0.3, -0.25) is 0 Å². The molecule has 4 heteroatoms. The van der Waals surface area contributed by atoms with Gasteiger partial charge in [-0.25, -0.2) is 4.98 Å². The van der Waals surface area contributed by atoms with Gasteiger partial charge < -0.3 is 0 Å². The zero-order valence-electron chi connectivity index (χ0n) is 4.94. The second kappa shape index (κ2) is 3.30. The van der Waals surface area contributed by atoms with E-state index in [9.17, 15) is 4.39 Å². The van der Waals surface area contributed by atoms with E-state index in [-0.39, 0.29) is 0 Å². The van der Waals surface area contributed by atoms with Gasteiger partial charge in [0.15, 0.2) is 0 Å². The Balaban J connectivity index is 3.06. The van der Waals surface area contributed by atoms with Gasteiger partial charge in [-0.1, -0.05) is 0 Å². The van der Waals surface area contributed by atoms with Crippen LogP contribution in [0.25, 0.3) is 0 Å². The summed E-state index contributed by atoms with van der Waals surface area (Å²) in [7, 11) is 0. The maximum Gasteiger partial charge on any atom is 0.214 e. The molecule has 0 aliphatic rings. The molecule has 0 radical (unpaired) electrons. The van der Waals surface area contributed by atoms with Gasteiger partial charge in [-0.2, -0.15) is 4.39 Å². The van der Waals surface area contributed by atoms with Gasteiger partial charge in [0.25, 0.3) is 0 Å². The van der Waals surface area contributed by atoms with Crippen LogP contribution in [0.2, 0.25) is 0 Å². The molecule has 1 nitrogen and oxygen atoms in total. The molecule has 0 unspecified atom stereocenters. The highest BCUT2D eigenvalue weighted by molar-refractivity contribution is 9.10. The van der Waals surface area contributed by atoms with Crippen molar-refractivity contribution in [1.29, 1.82) is 0 Å². The molecule has 0 aromatic carbocycles. The molecule has 0 spiro atoms. The lowest BCUT2D eigenvalue weighted by atomic mass is 10.3. The first-order chi connectivity index (χ1) is 4.72. The van der Waals surface area contributed by atoms with Crippen molar-refractivity contribution >= 4 is 27.5 Å². The topological polar surface area (TPSA) is 12.9 Å². The number of halogens is 3. The van der Waals surface area contributed by atoms with Crippen LogP contribution in [0.3, 0.4) is 0 Å². The van der Waals surface area contributed by atoms with Gasteiger partial charge in [0, 0.05) is 5.88 Å². The van der Waals surface area contributed by atoms with Crippen LogP contribution in [0.4, 0.5) is 4.39 Å². The van der Waals surface area contributed by atoms with Crippen LogP contribution in [0.15, 0.2) is 16.7 Å². The summed E-state index contributed by atoms with van der Waals surface area (Å²) in [5.74, 6) is -0.206. The minimum atomic E-state index is -0.509. The van der Waals surface area contributed by atoms with E-state index in [2.05, 4.69) is 20.9 Å². The Morgan fingerprint density at radius 1 is 1.60 bits per heavy atom. The largest absolute Gasteiger partial charge is 0.214 e. The molecule has 0 saturated heterocycles. The molecule has 0 saturated carbocycles. The van der Waals surface area contributed by atoms with Crippen molar-refractivity contribution in [2.24, 2.45) is 0 Å². The maximum absolute atomic E-state index is 12.4. The number of hydrogen-bond donors (Lipinski definition) is 0. The molecule has 10 heavy (non-hydrogen) atoms. The number of pyridine rings is 1. The lowest BCUT2D eigenvalue weighted by Gasteiger charge is -1.94. The van der Waals surface area contributed by atoms with E-state index >= 15 is 0 Å². The fourth-order valence-electron chi connectivity index (χ4n) is 0.591. The highest BCUT2D eigenvalue weighted by Gasteiger charge is 1.97. The Hall–Kier alpha value is -0.150. The molecule has 0 atom stereocenters. The third-order valence-corrected chi connectivity index (χ3v) is 1.69. The van der Waals surface area contributed by atoms with Crippen LogP contribution >= 0.6 is 27.5 Å². The lowest BCUT2D eigenvalue weighted by Crippen LogP contribution is -1.86. The van der Waals surface area contributed by atoms with E-state index in [0.717, 1.165) is 5.56 Å². The number of alkyl halides is 1. The van der Waals surface area contributed by atoms with Crippen LogP contribution in [0.5, 0.6) is 0 Å². The van der Waals surface area contributed by atoms with Gasteiger partial charge in [0.05, 0.1) is 0 Å². The van der Waals surface area contributed by atoms with Gasteiger partial charge >= 0.3 is 0 Å². The van der Waals surface area contributed by atoms with Gasteiger partial charge in [-0.05, 0) is 33.6 Å².